The Morgan fingerprint density at radius 1 is 1.07 bits per heavy atom. The maximum atomic E-state index is 13.7. The SMILES string of the molecule is CCSc1ccccc1C(=O)N(CCN(CC)CC)c1nc2cc(C)cc(C)c2s1. The summed E-state index contributed by atoms with van der Waals surface area (Å²) in [5.74, 6) is 0.968. The minimum Gasteiger partial charge on any atom is -0.302 e. The molecular formula is C24H31N3OS2. The molecule has 2 aromatic carbocycles. The Morgan fingerprint density at radius 2 is 1.80 bits per heavy atom. The van der Waals surface area contributed by atoms with Crippen LogP contribution < -0.4 is 4.90 Å². The molecule has 0 radical (unpaired) electrons. The van der Waals surface area contributed by atoms with Gasteiger partial charge in [0.1, 0.15) is 0 Å². The first-order valence-corrected chi connectivity index (χ1v) is 12.4. The van der Waals surface area contributed by atoms with E-state index in [1.54, 1.807) is 23.1 Å². The molecule has 1 aromatic heterocycles. The van der Waals surface area contributed by atoms with Crippen LogP contribution in [0, 0.1) is 13.8 Å². The van der Waals surface area contributed by atoms with Gasteiger partial charge in [0, 0.05) is 18.0 Å². The van der Waals surface area contributed by atoms with Crippen LogP contribution in [0.3, 0.4) is 0 Å². The molecule has 0 aliphatic heterocycles. The molecule has 3 aromatic rings. The number of thiazole rings is 1. The topological polar surface area (TPSA) is 36.4 Å². The highest BCUT2D eigenvalue weighted by Crippen LogP contribution is 2.33. The van der Waals surface area contributed by atoms with E-state index >= 15 is 0 Å². The van der Waals surface area contributed by atoms with Crippen molar-refractivity contribution in [3.63, 3.8) is 0 Å². The van der Waals surface area contributed by atoms with E-state index in [2.05, 4.69) is 51.7 Å². The fourth-order valence-electron chi connectivity index (χ4n) is 3.62. The summed E-state index contributed by atoms with van der Waals surface area (Å²) in [4.78, 5) is 23.9. The molecule has 0 atom stereocenters. The number of aromatic nitrogens is 1. The molecule has 3 rings (SSSR count). The molecule has 0 spiro atoms. The van der Waals surface area contributed by atoms with Gasteiger partial charge in [0.25, 0.3) is 5.91 Å². The summed E-state index contributed by atoms with van der Waals surface area (Å²) in [5, 5.41) is 0.784. The van der Waals surface area contributed by atoms with E-state index in [1.165, 1.54) is 11.1 Å². The average Bonchev–Trinajstić information content (AvgIpc) is 3.15. The van der Waals surface area contributed by atoms with Gasteiger partial charge in [-0.1, -0.05) is 50.3 Å². The largest absolute Gasteiger partial charge is 0.302 e. The zero-order chi connectivity index (χ0) is 21.7. The number of thioether (sulfide) groups is 1. The number of likely N-dealkylation sites (N-methyl/N-ethyl adjacent to an activating group) is 1. The van der Waals surface area contributed by atoms with Crippen molar-refractivity contribution in [3.8, 4) is 0 Å². The van der Waals surface area contributed by atoms with Gasteiger partial charge in [0.15, 0.2) is 5.13 Å². The fourth-order valence-corrected chi connectivity index (χ4v) is 5.45. The number of hydrogen-bond donors (Lipinski definition) is 0. The van der Waals surface area contributed by atoms with Gasteiger partial charge in [-0.2, -0.15) is 0 Å². The van der Waals surface area contributed by atoms with Crippen LogP contribution in [-0.2, 0) is 0 Å². The Bertz CT molecular complexity index is 1010. The third-order valence-corrected chi connectivity index (χ3v) is 7.42. The van der Waals surface area contributed by atoms with E-state index in [9.17, 15) is 4.79 Å². The molecule has 160 valence electrons. The van der Waals surface area contributed by atoms with E-state index in [4.69, 9.17) is 4.98 Å². The van der Waals surface area contributed by atoms with Gasteiger partial charge in [-0.25, -0.2) is 4.98 Å². The Kier molecular flexibility index (Phi) is 7.92. The van der Waals surface area contributed by atoms with Crippen molar-refractivity contribution >= 4 is 44.4 Å². The number of aryl methyl sites for hydroxylation is 2. The van der Waals surface area contributed by atoms with Crippen LogP contribution in [0.15, 0.2) is 41.3 Å². The lowest BCUT2D eigenvalue weighted by Crippen LogP contribution is -2.39. The second kappa shape index (κ2) is 10.4. The summed E-state index contributed by atoms with van der Waals surface area (Å²) in [5.41, 5.74) is 4.15. The molecule has 0 unspecified atom stereocenters. The molecule has 0 fully saturated rings. The minimum atomic E-state index is 0.0344. The first-order valence-electron chi connectivity index (χ1n) is 10.6. The van der Waals surface area contributed by atoms with Gasteiger partial charge in [-0.15, -0.1) is 11.8 Å². The van der Waals surface area contributed by atoms with E-state index in [0.29, 0.717) is 6.54 Å². The summed E-state index contributed by atoms with van der Waals surface area (Å²) in [6.07, 6.45) is 0. The summed E-state index contributed by atoms with van der Waals surface area (Å²) < 4.78 is 1.16. The van der Waals surface area contributed by atoms with E-state index < -0.39 is 0 Å². The third-order valence-electron chi connectivity index (χ3n) is 5.24. The zero-order valence-corrected chi connectivity index (χ0v) is 20.2. The van der Waals surface area contributed by atoms with Crippen LogP contribution in [0.2, 0.25) is 0 Å². The minimum absolute atomic E-state index is 0.0344. The Hall–Kier alpha value is -1.89. The van der Waals surface area contributed by atoms with Crippen LogP contribution in [-0.4, -0.2) is 47.7 Å². The maximum Gasteiger partial charge on any atom is 0.261 e. The van der Waals surface area contributed by atoms with Crippen LogP contribution in [0.5, 0.6) is 0 Å². The summed E-state index contributed by atoms with van der Waals surface area (Å²) in [7, 11) is 0. The number of fused-ring (bicyclic) bond motifs is 1. The van der Waals surface area contributed by atoms with Crippen molar-refractivity contribution in [2.24, 2.45) is 0 Å². The maximum absolute atomic E-state index is 13.7. The predicted octanol–water partition coefficient (Wildman–Crippen LogP) is 6.01. The molecule has 0 saturated heterocycles. The van der Waals surface area contributed by atoms with Crippen molar-refractivity contribution < 1.29 is 4.79 Å². The quantitative estimate of drug-likeness (QED) is 0.381. The van der Waals surface area contributed by atoms with Crippen molar-refractivity contribution in [3.05, 3.63) is 53.1 Å². The molecule has 4 nitrogen and oxygen atoms in total. The fraction of sp³-hybridized carbons (Fsp3) is 0.417. The van der Waals surface area contributed by atoms with Crippen molar-refractivity contribution in [2.45, 2.75) is 39.5 Å². The monoisotopic (exact) mass is 441 g/mol. The summed E-state index contributed by atoms with van der Waals surface area (Å²) in [6, 6.07) is 12.2. The van der Waals surface area contributed by atoms with Crippen molar-refractivity contribution in [1.82, 2.24) is 9.88 Å². The first-order chi connectivity index (χ1) is 14.5. The lowest BCUT2D eigenvalue weighted by molar-refractivity contribution is 0.0981. The predicted molar refractivity (Wildman–Crippen MR) is 131 cm³/mol. The van der Waals surface area contributed by atoms with Gasteiger partial charge in [0.05, 0.1) is 15.8 Å². The van der Waals surface area contributed by atoms with Crippen LogP contribution in [0.4, 0.5) is 5.13 Å². The average molecular weight is 442 g/mol. The first kappa shape index (κ1) is 22.8. The van der Waals surface area contributed by atoms with Crippen molar-refractivity contribution in [2.75, 3.05) is 36.8 Å². The van der Waals surface area contributed by atoms with Crippen LogP contribution in [0.25, 0.3) is 10.2 Å². The molecule has 0 saturated carbocycles. The highest BCUT2D eigenvalue weighted by atomic mass is 32.2. The smallest absolute Gasteiger partial charge is 0.261 e. The molecule has 0 aliphatic rings. The second-order valence-electron chi connectivity index (χ2n) is 7.34. The Balaban J connectivity index is 2.02. The Labute approximate surface area is 188 Å². The number of hydrogen-bond acceptors (Lipinski definition) is 5. The molecular weight excluding hydrogens is 410 g/mol. The van der Waals surface area contributed by atoms with Crippen LogP contribution >= 0.6 is 23.1 Å². The zero-order valence-electron chi connectivity index (χ0n) is 18.6. The normalized spacial score (nSPS) is 11.4. The second-order valence-corrected chi connectivity index (χ2v) is 9.62. The molecule has 30 heavy (non-hydrogen) atoms. The molecule has 0 N–H and O–H groups in total. The molecule has 0 bridgehead atoms. The van der Waals surface area contributed by atoms with Gasteiger partial charge in [-0.3, -0.25) is 9.69 Å². The van der Waals surface area contributed by atoms with Crippen LogP contribution in [0.1, 0.15) is 42.3 Å². The number of carbonyl (C=O) groups is 1. The molecule has 1 amide bonds. The highest BCUT2D eigenvalue weighted by Gasteiger charge is 2.24. The van der Waals surface area contributed by atoms with Gasteiger partial charge in [-0.05, 0) is 62.0 Å². The molecule has 0 aliphatic carbocycles. The molecule has 6 heteroatoms. The lowest BCUT2D eigenvalue weighted by atomic mass is 10.1. The van der Waals surface area contributed by atoms with Crippen molar-refractivity contribution in [1.29, 1.82) is 0 Å². The van der Waals surface area contributed by atoms with Gasteiger partial charge >= 0.3 is 0 Å². The highest BCUT2D eigenvalue weighted by molar-refractivity contribution is 7.99. The van der Waals surface area contributed by atoms with Gasteiger partial charge < -0.3 is 4.90 Å². The molecule has 1 heterocycles. The number of rotatable bonds is 9. The standard InChI is InChI=1S/C24H31N3OS2/c1-6-26(7-2)13-14-27(23(28)19-11-9-10-12-21(19)29-8-3)24-25-20-16-17(4)15-18(5)22(20)30-24/h9-12,15-16H,6-8,13-14H2,1-5H3. The number of benzene rings is 2. The number of nitrogens with zero attached hydrogens (tertiary/aromatic N) is 3. The number of amides is 1. The number of carbonyl (C=O) groups excluding carboxylic acids is 1. The van der Waals surface area contributed by atoms with Gasteiger partial charge in [0.2, 0.25) is 0 Å². The third kappa shape index (κ3) is 5.05. The van der Waals surface area contributed by atoms with E-state index in [0.717, 1.165) is 51.2 Å². The van der Waals surface area contributed by atoms with E-state index in [-0.39, 0.29) is 5.91 Å². The van der Waals surface area contributed by atoms with E-state index in [1.807, 2.05) is 29.2 Å². The summed E-state index contributed by atoms with van der Waals surface area (Å²) in [6.45, 7) is 14.0. The lowest BCUT2D eigenvalue weighted by Gasteiger charge is -2.25. The number of anilines is 1. The summed E-state index contributed by atoms with van der Waals surface area (Å²) >= 11 is 3.33. The Morgan fingerprint density at radius 3 is 2.50 bits per heavy atom.